The smallest absolute Gasteiger partial charge is 0.140 e. The first kappa shape index (κ1) is 13.5. The molecule has 0 bridgehead atoms. The van der Waals surface area contributed by atoms with Gasteiger partial charge in [-0.3, -0.25) is 0 Å². The monoisotopic (exact) mass is 275 g/mol. The molecule has 0 heterocycles. The normalized spacial score (nSPS) is 10.2. The van der Waals surface area contributed by atoms with Gasteiger partial charge in [0.2, 0.25) is 0 Å². The first-order valence-electron chi connectivity index (χ1n) is 5.97. The van der Waals surface area contributed by atoms with E-state index in [9.17, 15) is 4.39 Å². The first-order valence-corrected chi connectivity index (χ1v) is 6.38. The predicted octanol–water partition coefficient (Wildman–Crippen LogP) is 3.81. The van der Waals surface area contributed by atoms with Gasteiger partial charge in [0.25, 0.3) is 0 Å². The van der Waals surface area contributed by atoms with Crippen LogP contribution in [0.1, 0.15) is 18.1 Å². The molecule has 0 spiro atoms. The van der Waals surface area contributed by atoms with Crippen molar-refractivity contribution in [1.82, 2.24) is 0 Å². The van der Waals surface area contributed by atoms with E-state index in [-0.39, 0.29) is 10.6 Å². The Kier molecular flexibility index (Phi) is 4.12. The number of hydrogen-bond donors (Lipinski definition) is 1. The minimum Gasteiger partial charge on any atom is -0.456 e. The molecule has 0 unspecified atom stereocenters. The van der Waals surface area contributed by atoms with E-state index in [1.165, 1.54) is 6.07 Å². The van der Waals surface area contributed by atoms with Crippen molar-refractivity contribution in [3.05, 3.63) is 59.4 Å². The number of rotatable bonds is 4. The van der Waals surface area contributed by atoms with Crippen LogP contribution in [-0.4, -0.2) is 4.99 Å². The highest BCUT2D eigenvalue weighted by Gasteiger charge is 2.13. The third-order valence-corrected chi connectivity index (χ3v) is 3.00. The summed E-state index contributed by atoms with van der Waals surface area (Å²) < 4.78 is 19.5. The van der Waals surface area contributed by atoms with Crippen LogP contribution in [0.5, 0.6) is 11.5 Å². The fourth-order valence-corrected chi connectivity index (χ4v) is 2.04. The summed E-state index contributed by atoms with van der Waals surface area (Å²) in [6.45, 7) is 2.03. The standard InChI is InChI=1S/C15H14FNOS/c1-2-10-6-3-4-8-12(10)18-13-9-5-7-11(16)14(13)15(17)19/h3-9H,2H2,1H3,(H2,17,19). The van der Waals surface area contributed by atoms with E-state index in [0.29, 0.717) is 11.5 Å². The molecule has 19 heavy (non-hydrogen) atoms. The van der Waals surface area contributed by atoms with Crippen LogP contribution in [0.2, 0.25) is 0 Å². The third-order valence-electron chi connectivity index (χ3n) is 2.80. The second-order valence-electron chi connectivity index (χ2n) is 4.04. The zero-order valence-corrected chi connectivity index (χ0v) is 11.3. The summed E-state index contributed by atoms with van der Waals surface area (Å²) in [6.07, 6.45) is 0.827. The molecular weight excluding hydrogens is 261 g/mol. The summed E-state index contributed by atoms with van der Waals surface area (Å²) in [7, 11) is 0. The van der Waals surface area contributed by atoms with Crippen LogP contribution >= 0.6 is 12.2 Å². The number of nitrogens with two attached hydrogens (primary N) is 1. The maximum absolute atomic E-state index is 13.7. The van der Waals surface area contributed by atoms with Crippen molar-refractivity contribution in [1.29, 1.82) is 0 Å². The van der Waals surface area contributed by atoms with Crippen LogP contribution in [0, 0.1) is 5.82 Å². The molecule has 0 amide bonds. The maximum Gasteiger partial charge on any atom is 0.140 e. The average Bonchev–Trinajstić information content (AvgIpc) is 2.39. The van der Waals surface area contributed by atoms with E-state index in [1.807, 2.05) is 31.2 Å². The molecule has 98 valence electrons. The molecule has 2 aromatic rings. The Hall–Kier alpha value is -1.94. The van der Waals surface area contributed by atoms with E-state index < -0.39 is 5.82 Å². The van der Waals surface area contributed by atoms with Crippen LogP contribution in [-0.2, 0) is 6.42 Å². The number of para-hydroxylation sites is 1. The Morgan fingerprint density at radius 3 is 2.53 bits per heavy atom. The fourth-order valence-electron chi connectivity index (χ4n) is 1.84. The molecule has 0 aliphatic heterocycles. The van der Waals surface area contributed by atoms with Gasteiger partial charge in [0.15, 0.2) is 0 Å². The van der Waals surface area contributed by atoms with Gasteiger partial charge >= 0.3 is 0 Å². The van der Waals surface area contributed by atoms with E-state index in [4.69, 9.17) is 22.7 Å². The highest BCUT2D eigenvalue weighted by Crippen LogP contribution is 2.29. The quantitative estimate of drug-likeness (QED) is 0.862. The second kappa shape index (κ2) is 5.80. The predicted molar refractivity (Wildman–Crippen MR) is 78.2 cm³/mol. The molecule has 2 nitrogen and oxygen atoms in total. The van der Waals surface area contributed by atoms with Gasteiger partial charge in [0.05, 0.1) is 5.56 Å². The zero-order chi connectivity index (χ0) is 13.8. The number of benzene rings is 2. The SMILES string of the molecule is CCc1ccccc1Oc1cccc(F)c1C(N)=S. The van der Waals surface area contributed by atoms with Gasteiger partial charge in [0.1, 0.15) is 22.3 Å². The van der Waals surface area contributed by atoms with Gasteiger partial charge in [-0.15, -0.1) is 0 Å². The molecule has 0 aliphatic rings. The van der Waals surface area contributed by atoms with E-state index >= 15 is 0 Å². The Morgan fingerprint density at radius 1 is 1.16 bits per heavy atom. The molecule has 2 aromatic carbocycles. The second-order valence-corrected chi connectivity index (χ2v) is 4.48. The Bertz CT molecular complexity index is 613. The van der Waals surface area contributed by atoms with Crippen LogP contribution in [0.15, 0.2) is 42.5 Å². The van der Waals surface area contributed by atoms with Gasteiger partial charge < -0.3 is 10.5 Å². The van der Waals surface area contributed by atoms with Crippen molar-refractivity contribution in [2.45, 2.75) is 13.3 Å². The Labute approximate surface area is 117 Å². The fraction of sp³-hybridized carbons (Fsp3) is 0.133. The summed E-state index contributed by atoms with van der Waals surface area (Å²) in [4.78, 5) is -0.0120. The van der Waals surface area contributed by atoms with E-state index in [0.717, 1.165) is 12.0 Å². The van der Waals surface area contributed by atoms with Crippen molar-refractivity contribution in [3.63, 3.8) is 0 Å². The molecule has 0 fully saturated rings. The summed E-state index contributed by atoms with van der Waals surface area (Å²) in [5.41, 5.74) is 6.74. The molecule has 2 rings (SSSR count). The van der Waals surface area contributed by atoms with Crippen LogP contribution in [0.25, 0.3) is 0 Å². The molecule has 0 atom stereocenters. The molecular formula is C15H14FNOS. The third kappa shape index (κ3) is 2.90. The van der Waals surface area contributed by atoms with Gasteiger partial charge in [-0.05, 0) is 30.2 Å². The van der Waals surface area contributed by atoms with Crippen LogP contribution in [0.4, 0.5) is 4.39 Å². The summed E-state index contributed by atoms with van der Waals surface area (Å²) >= 11 is 4.87. The highest BCUT2D eigenvalue weighted by molar-refractivity contribution is 7.80. The summed E-state index contributed by atoms with van der Waals surface area (Å²) in [5.74, 6) is 0.556. The number of halogens is 1. The Morgan fingerprint density at radius 2 is 1.84 bits per heavy atom. The summed E-state index contributed by atoms with van der Waals surface area (Å²) in [6, 6.07) is 12.2. The molecule has 4 heteroatoms. The lowest BCUT2D eigenvalue weighted by Crippen LogP contribution is -2.13. The van der Waals surface area contributed by atoms with E-state index in [2.05, 4.69) is 0 Å². The van der Waals surface area contributed by atoms with Crippen molar-refractivity contribution < 1.29 is 9.13 Å². The van der Waals surface area contributed by atoms with Crippen molar-refractivity contribution in [2.24, 2.45) is 5.73 Å². The number of thiocarbonyl (C=S) groups is 1. The minimum atomic E-state index is -0.473. The van der Waals surface area contributed by atoms with Crippen molar-refractivity contribution >= 4 is 17.2 Å². The molecule has 0 aliphatic carbocycles. The summed E-state index contributed by atoms with van der Waals surface area (Å²) in [5, 5.41) is 0. The van der Waals surface area contributed by atoms with Crippen LogP contribution in [0.3, 0.4) is 0 Å². The van der Waals surface area contributed by atoms with Gasteiger partial charge in [-0.1, -0.05) is 43.4 Å². The first-order chi connectivity index (χ1) is 9.13. The molecule has 0 aromatic heterocycles. The van der Waals surface area contributed by atoms with Gasteiger partial charge in [0, 0.05) is 0 Å². The maximum atomic E-state index is 13.7. The zero-order valence-electron chi connectivity index (χ0n) is 10.5. The van der Waals surface area contributed by atoms with Gasteiger partial charge in [-0.2, -0.15) is 0 Å². The topological polar surface area (TPSA) is 35.2 Å². The van der Waals surface area contributed by atoms with Crippen molar-refractivity contribution in [2.75, 3.05) is 0 Å². The van der Waals surface area contributed by atoms with Gasteiger partial charge in [-0.25, -0.2) is 4.39 Å². The van der Waals surface area contributed by atoms with Crippen molar-refractivity contribution in [3.8, 4) is 11.5 Å². The number of hydrogen-bond acceptors (Lipinski definition) is 2. The highest BCUT2D eigenvalue weighted by atomic mass is 32.1. The van der Waals surface area contributed by atoms with Crippen LogP contribution < -0.4 is 10.5 Å². The van der Waals surface area contributed by atoms with E-state index in [1.54, 1.807) is 12.1 Å². The number of ether oxygens (including phenoxy) is 1. The largest absolute Gasteiger partial charge is 0.456 e. The lowest BCUT2D eigenvalue weighted by molar-refractivity contribution is 0.470. The Balaban J connectivity index is 2.44. The lowest BCUT2D eigenvalue weighted by atomic mass is 10.1. The molecule has 0 radical (unpaired) electrons. The lowest BCUT2D eigenvalue weighted by Gasteiger charge is -2.13. The minimum absolute atomic E-state index is 0.0120. The molecule has 0 saturated heterocycles. The average molecular weight is 275 g/mol. The molecule has 2 N–H and O–H groups in total. The number of aryl methyl sites for hydroxylation is 1. The molecule has 0 saturated carbocycles.